The second kappa shape index (κ2) is 9.20. The number of phenolic OH excluding ortho intramolecular Hbond substituents is 1. The lowest BCUT2D eigenvalue weighted by Crippen LogP contribution is -2.48. The largest absolute Gasteiger partial charge is 0.506 e. The lowest BCUT2D eigenvalue weighted by atomic mass is 9.79. The van der Waals surface area contributed by atoms with Crippen molar-refractivity contribution in [2.75, 3.05) is 18.6 Å². The van der Waals surface area contributed by atoms with Gasteiger partial charge in [0.05, 0.1) is 22.3 Å². The molecule has 1 heterocycles. The van der Waals surface area contributed by atoms with Crippen molar-refractivity contribution in [3.63, 3.8) is 0 Å². The zero-order valence-corrected chi connectivity index (χ0v) is 21.5. The number of aromatic hydroxyl groups is 1. The summed E-state index contributed by atoms with van der Waals surface area (Å²) in [6.45, 7) is 9.86. The zero-order chi connectivity index (χ0) is 22.9. The van der Waals surface area contributed by atoms with Crippen molar-refractivity contribution in [3.8, 4) is 11.5 Å². The van der Waals surface area contributed by atoms with Crippen LogP contribution in [-0.4, -0.2) is 36.4 Å². The van der Waals surface area contributed by atoms with Gasteiger partial charge in [-0.3, -0.25) is 4.79 Å². The third-order valence-electron chi connectivity index (χ3n) is 5.70. The number of amides is 1. The topological polar surface area (TPSA) is 74.2 Å². The third-order valence-corrected chi connectivity index (χ3v) is 6.91. The van der Waals surface area contributed by atoms with Crippen LogP contribution in [0.5, 0.6) is 11.5 Å². The lowest BCUT2D eigenvalue weighted by Gasteiger charge is -2.47. The van der Waals surface area contributed by atoms with Gasteiger partial charge in [-0.1, -0.05) is 6.92 Å². The average molecular weight is 553 g/mol. The number of fused-ring (bicyclic) bond motifs is 1. The number of ether oxygens (including phenoxy) is 1. The van der Waals surface area contributed by atoms with E-state index in [2.05, 4.69) is 87.1 Å². The first-order valence-corrected chi connectivity index (χ1v) is 11.7. The molecule has 2 N–H and O–H groups in total. The molecule has 1 aliphatic heterocycles. The van der Waals surface area contributed by atoms with Gasteiger partial charge in [-0.15, -0.1) is 0 Å². The van der Waals surface area contributed by atoms with Crippen LogP contribution < -0.4 is 15.1 Å². The van der Waals surface area contributed by atoms with E-state index in [1.165, 1.54) is 23.4 Å². The first-order valence-electron chi connectivity index (χ1n) is 10.1. The van der Waals surface area contributed by atoms with Crippen molar-refractivity contribution in [2.45, 2.75) is 45.6 Å². The smallest absolute Gasteiger partial charge is 0.271 e. The van der Waals surface area contributed by atoms with Gasteiger partial charge in [0, 0.05) is 35.0 Å². The fraction of sp³-hybridized carbons (Fsp3) is 0.391. The van der Waals surface area contributed by atoms with Gasteiger partial charge >= 0.3 is 0 Å². The summed E-state index contributed by atoms with van der Waals surface area (Å²) in [6, 6.07) is 7.23. The van der Waals surface area contributed by atoms with E-state index in [1.54, 1.807) is 13.3 Å². The molecule has 0 spiro atoms. The average Bonchev–Trinajstić information content (AvgIpc) is 2.71. The summed E-state index contributed by atoms with van der Waals surface area (Å²) in [6.07, 6.45) is 2.66. The molecule has 0 aromatic heterocycles. The van der Waals surface area contributed by atoms with E-state index in [1.807, 2.05) is 0 Å². The Morgan fingerprint density at radius 2 is 1.97 bits per heavy atom. The second-order valence-corrected chi connectivity index (χ2v) is 10.0. The van der Waals surface area contributed by atoms with Crippen LogP contribution >= 0.6 is 31.9 Å². The van der Waals surface area contributed by atoms with Crippen LogP contribution in [0.1, 0.15) is 61.5 Å². The number of hydrazone groups is 1. The number of halogens is 2. The zero-order valence-electron chi connectivity index (χ0n) is 18.3. The highest BCUT2D eigenvalue weighted by Gasteiger charge is 2.36. The maximum absolute atomic E-state index is 12.5. The number of hydrogen-bond donors (Lipinski definition) is 2. The van der Waals surface area contributed by atoms with Crippen molar-refractivity contribution >= 4 is 49.7 Å². The molecule has 8 heteroatoms. The second-order valence-electron chi connectivity index (χ2n) is 8.30. The molecule has 6 nitrogen and oxygen atoms in total. The van der Waals surface area contributed by atoms with Crippen molar-refractivity contribution in [2.24, 2.45) is 5.10 Å². The molecular weight excluding hydrogens is 526 g/mol. The molecule has 1 atom stereocenters. The molecule has 1 aliphatic rings. The Kier molecular flexibility index (Phi) is 7.01. The van der Waals surface area contributed by atoms with Crippen molar-refractivity contribution < 1.29 is 14.6 Å². The number of nitrogens with one attached hydrogen (secondary N) is 1. The molecule has 166 valence electrons. The summed E-state index contributed by atoms with van der Waals surface area (Å²) in [5, 5.41) is 13.9. The molecule has 3 rings (SSSR count). The Labute approximate surface area is 199 Å². The summed E-state index contributed by atoms with van der Waals surface area (Å²) < 4.78 is 6.47. The van der Waals surface area contributed by atoms with Crippen molar-refractivity contribution in [1.29, 1.82) is 0 Å². The van der Waals surface area contributed by atoms with E-state index in [-0.39, 0.29) is 17.2 Å². The van der Waals surface area contributed by atoms with E-state index in [0.29, 0.717) is 26.2 Å². The molecule has 31 heavy (non-hydrogen) atoms. The number of methoxy groups -OCH3 is 1. The number of nitrogens with zero attached hydrogens (tertiary/aromatic N) is 2. The van der Waals surface area contributed by atoms with E-state index in [9.17, 15) is 9.90 Å². The first kappa shape index (κ1) is 23.6. The minimum atomic E-state index is -0.387. The highest BCUT2D eigenvalue weighted by Crippen LogP contribution is 2.45. The summed E-state index contributed by atoms with van der Waals surface area (Å²) in [5.74, 6) is 0.751. The van der Waals surface area contributed by atoms with Gasteiger partial charge in [-0.25, -0.2) is 5.43 Å². The van der Waals surface area contributed by atoms with Gasteiger partial charge in [0.1, 0.15) is 11.5 Å². The first-order chi connectivity index (χ1) is 14.6. The molecule has 0 bridgehead atoms. The molecule has 0 saturated heterocycles. The summed E-state index contributed by atoms with van der Waals surface area (Å²) in [7, 11) is 1.64. The summed E-state index contributed by atoms with van der Waals surface area (Å²) >= 11 is 6.46. The Balaban J connectivity index is 1.88. The van der Waals surface area contributed by atoms with Crippen LogP contribution in [0, 0.1) is 0 Å². The van der Waals surface area contributed by atoms with Crippen LogP contribution in [0.4, 0.5) is 5.69 Å². The van der Waals surface area contributed by atoms with E-state index < -0.39 is 0 Å². The van der Waals surface area contributed by atoms with Crippen molar-refractivity contribution in [3.05, 3.63) is 49.9 Å². The van der Waals surface area contributed by atoms with Crippen LogP contribution in [-0.2, 0) is 0 Å². The van der Waals surface area contributed by atoms with E-state index in [0.717, 1.165) is 18.5 Å². The van der Waals surface area contributed by atoms with Crippen LogP contribution in [0.3, 0.4) is 0 Å². The minimum Gasteiger partial charge on any atom is -0.506 e. The molecule has 0 fully saturated rings. The standard InChI is InChI=1S/C23H27Br2N3O3/c1-6-28-19-10-20(31-5)15(7-16(19)13(2)11-23(28,3)4)12-26-27-22(30)14-8-17(24)21(29)18(25)9-14/h7-10,12-13,29H,6,11H2,1-5H3,(H,27,30)/b26-12-. The number of benzene rings is 2. The molecule has 1 amide bonds. The molecular formula is C23H27Br2N3O3. The van der Waals surface area contributed by atoms with Crippen LogP contribution in [0.25, 0.3) is 0 Å². The van der Waals surface area contributed by atoms with Gasteiger partial charge in [0.2, 0.25) is 0 Å². The highest BCUT2D eigenvalue weighted by atomic mass is 79.9. The predicted octanol–water partition coefficient (Wildman–Crippen LogP) is 5.80. The molecule has 2 aromatic rings. The number of rotatable bonds is 5. The van der Waals surface area contributed by atoms with Crippen LogP contribution in [0.2, 0.25) is 0 Å². The summed E-state index contributed by atoms with van der Waals surface area (Å²) in [4.78, 5) is 14.9. The molecule has 0 aliphatic carbocycles. The van der Waals surface area contributed by atoms with Gasteiger partial charge in [0.25, 0.3) is 5.91 Å². The van der Waals surface area contributed by atoms with Crippen LogP contribution in [0.15, 0.2) is 38.3 Å². The number of hydrogen-bond acceptors (Lipinski definition) is 5. The molecule has 2 aromatic carbocycles. The van der Waals surface area contributed by atoms with Gasteiger partial charge < -0.3 is 14.7 Å². The Morgan fingerprint density at radius 1 is 1.32 bits per heavy atom. The molecule has 1 unspecified atom stereocenters. The van der Waals surface area contributed by atoms with Gasteiger partial charge in [-0.2, -0.15) is 5.10 Å². The van der Waals surface area contributed by atoms with E-state index >= 15 is 0 Å². The highest BCUT2D eigenvalue weighted by molar-refractivity contribution is 9.11. The van der Waals surface area contributed by atoms with Gasteiger partial charge in [0.15, 0.2) is 0 Å². The fourth-order valence-corrected chi connectivity index (χ4v) is 5.51. The fourth-order valence-electron chi connectivity index (χ4n) is 4.33. The quantitative estimate of drug-likeness (QED) is 0.363. The van der Waals surface area contributed by atoms with E-state index in [4.69, 9.17) is 4.74 Å². The number of anilines is 1. The summed E-state index contributed by atoms with van der Waals surface area (Å²) in [5.41, 5.74) is 6.21. The number of carbonyl (C=O) groups excluding carboxylic acids is 1. The SMILES string of the molecule is CCN1c2cc(OC)c(/C=N\NC(=O)c3cc(Br)c(O)c(Br)c3)cc2C(C)CC1(C)C. The van der Waals surface area contributed by atoms with Crippen molar-refractivity contribution in [1.82, 2.24) is 5.43 Å². The predicted molar refractivity (Wildman–Crippen MR) is 132 cm³/mol. The lowest BCUT2D eigenvalue weighted by molar-refractivity contribution is 0.0955. The normalized spacial score (nSPS) is 17.5. The van der Waals surface area contributed by atoms with Gasteiger partial charge in [-0.05, 0) is 88.7 Å². The third kappa shape index (κ3) is 4.75. The monoisotopic (exact) mass is 551 g/mol. The molecule has 0 radical (unpaired) electrons. The Hall–Kier alpha value is -2.06. The molecule has 0 saturated carbocycles. The maximum Gasteiger partial charge on any atom is 0.271 e. The Morgan fingerprint density at radius 3 is 2.55 bits per heavy atom. The number of phenols is 1. The maximum atomic E-state index is 12.5. The minimum absolute atomic E-state index is 0.0391. The Bertz CT molecular complexity index is 1010. The number of carbonyl (C=O) groups is 1.